The molecule has 10 heteroatoms. The van der Waals surface area contributed by atoms with Gasteiger partial charge in [0.25, 0.3) is 11.5 Å². The molecule has 1 aromatic heterocycles. The molecule has 0 unspecified atom stereocenters. The van der Waals surface area contributed by atoms with Crippen LogP contribution < -0.4 is 10.5 Å². The summed E-state index contributed by atoms with van der Waals surface area (Å²) >= 11 is 6.45. The Morgan fingerprint density at radius 3 is 2.58 bits per heavy atom. The van der Waals surface area contributed by atoms with Gasteiger partial charge in [0.1, 0.15) is 0 Å². The summed E-state index contributed by atoms with van der Waals surface area (Å²) in [5.41, 5.74) is 1.91. The summed E-state index contributed by atoms with van der Waals surface area (Å²) in [6.45, 7) is 5.82. The molecule has 4 aromatic rings. The van der Waals surface area contributed by atoms with Crippen molar-refractivity contribution < 1.29 is 19.4 Å². The van der Waals surface area contributed by atoms with Crippen molar-refractivity contribution in [2.45, 2.75) is 50.2 Å². The number of carbonyl (C=O) groups is 1. The summed E-state index contributed by atoms with van der Waals surface area (Å²) in [7, 11) is -2.78. The lowest BCUT2D eigenvalue weighted by atomic mass is 9.82. The lowest BCUT2D eigenvalue weighted by Crippen LogP contribution is -2.46. The molecular formula is C30H32ClN3O5Si. The molecule has 0 bridgehead atoms. The van der Waals surface area contributed by atoms with E-state index >= 15 is 0 Å². The van der Waals surface area contributed by atoms with Gasteiger partial charge in [0.2, 0.25) is 0 Å². The standard InChI is InChI=1S/C30H32ClN3O5Si/c1-18-27(40(2,3)38)26(13-14-35)39-30(18)23-16-20(31)11-12-25(23)33(29(30)37)17-19-7-6-8-21(15-19)34-28(36)22-9-4-5-10-24(22)32-34/h4-12,15-16,18,26-27,32,35,38H,13-14,17H2,1-3H3/t18-,26+,27-,30+/m0/s1. The maximum Gasteiger partial charge on any atom is 0.279 e. The normalized spacial score (nSPS) is 24.4. The van der Waals surface area contributed by atoms with Gasteiger partial charge < -0.3 is 19.5 Å². The Bertz CT molecular complexity index is 1680. The first-order valence-corrected chi connectivity index (χ1v) is 16.9. The number of carbonyl (C=O) groups excluding carboxylic acids is 1. The van der Waals surface area contributed by atoms with Crippen molar-refractivity contribution in [1.29, 1.82) is 0 Å². The largest absolute Gasteiger partial charge is 0.432 e. The average Bonchev–Trinajstić information content (AvgIpc) is 3.49. The first-order valence-electron chi connectivity index (χ1n) is 13.5. The molecule has 0 saturated carbocycles. The van der Waals surface area contributed by atoms with Gasteiger partial charge in [-0.3, -0.25) is 14.7 Å². The summed E-state index contributed by atoms with van der Waals surface area (Å²) in [5.74, 6) is -0.546. The van der Waals surface area contributed by atoms with Gasteiger partial charge >= 0.3 is 0 Å². The highest BCUT2D eigenvalue weighted by atomic mass is 35.5. The predicted molar refractivity (Wildman–Crippen MR) is 157 cm³/mol. The number of nitrogens with zero attached hydrogens (tertiary/aromatic N) is 2. The molecule has 1 spiro atoms. The Balaban J connectivity index is 1.41. The van der Waals surface area contributed by atoms with Gasteiger partial charge in [-0.1, -0.05) is 42.8 Å². The third kappa shape index (κ3) is 4.07. The summed E-state index contributed by atoms with van der Waals surface area (Å²) in [6, 6.07) is 20.3. The molecule has 3 aromatic carbocycles. The Morgan fingerprint density at radius 1 is 1.07 bits per heavy atom. The van der Waals surface area contributed by atoms with E-state index in [2.05, 4.69) is 5.10 Å². The Kier molecular flexibility index (Phi) is 6.55. The molecule has 40 heavy (non-hydrogen) atoms. The number of hydrogen-bond acceptors (Lipinski definition) is 5. The van der Waals surface area contributed by atoms with Crippen LogP contribution in [0.3, 0.4) is 0 Å². The zero-order valence-electron chi connectivity index (χ0n) is 22.6. The van der Waals surface area contributed by atoms with Crippen LogP contribution in [0.25, 0.3) is 16.6 Å². The van der Waals surface area contributed by atoms with Gasteiger partial charge in [-0.25, -0.2) is 4.68 Å². The number of para-hydroxylation sites is 1. The summed E-state index contributed by atoms with van der Waals surface area (Å²) in [5, 5.41) is 14.0. The monoisotopic (exact) mass is 577 g/mol. The van der Waals surface area contributed by atoms with E-state index < -0.39 is 20.0 Å². The minimum atomic E-state index is -2.78. The van der Waals surface area contributed by atoms with Crippen molar-refractivity contribution >= 4 is 42.4 Å². The van der Waals surface area contributed by atoms with E-state index in [0.29, 0.717) is 33.8 Å². The second kappa shape index (κ2) is 9.71. The number of fused-ring (bicyclic) bond motifs is 3. The molecule has 1 amide bonds. The molecule has 1 saturated heterocycles. The van der Waals surface area contributed by atoms with Crippen LogP contribution in [0.15, 0.2) is 71.5 Å². The number of hydrogen-bond donors (Lipinski definition) is 3. The van der Waals surface area contributed by atoms with E-state index in [-0.39, 0.29) is 36.1 Å². The SMILES string of the molecule is C[C@H]1[C@H]([Si](C)(C)O)[C@@H](CCO)O[C@]12C(=O)N(Cc1cccc(-n3[nH]c4ccccc4c3=O)c1)c1ccc(Cl)cc12. The van der Waals surface area contributed by atoms with Crippen LogP contribution in [0.5, 0.6) is 0 Å². The maximum absolute atomic E-state index is 14.4. The van der Waals surface area contributed by atoms with Crippen LogP contribution in [0.2, 0.25) is 23.7 Å². The van der Waals surface area contributed by atoms with Gasteiger partial charge in [-0.15, -0.1) is 0 Å². The fourth-order valence-electron chi connectivity index (χ4n) is 6.82. The molecule has 2 aliphatic rings. The molecule has 208 valence electrons. The van der Waals surface area contributed by atoms with Crippen molar-refractivity contribution in [3.05, 3.63) is 93.2 Å². The number of aliphatic hydroxyl groups excluding tert-OH is 1. The Hall–Kier alpha value is -3.21. The highest BCUT2D eigenvalue weighted by Crippen LogP contribution is 2.60. The average molecular weight is 578 g/mol. The lowest BCUT2D eigenvalue weighted by Gasteiger charge is -2.32. The lowest BCUT2D eigenvalue weighted by molar-refractivity contribution is -0.146. The minimum Gasteiger partial charge on any atom is -0.432 e. The van der Waals surface area contributed by atoms with E-state index in [1.54, 1.807) is 23.1 Å². The second-order valence-corrected chi connectivity index (χ2v) is 15.8. The predicted octanol–water partition coefficient (Wildman–Crippen LogP) is 4.70. The Labute approximate surface area is 237 Å². The number of aromatic nitrogens is 2. The number of benzene rings is 3. The van der Waals surface area contributed by atoms with Crippen LogP contribution in [-0.4, -0.2) is 46.6 Å². The number of halogens is 1. The van der Waals surface area contributed by atoms with Crippen LogP contribution in [-0.2, 0) is 21.7 Å². The molecule has 3 N–H and O–H groups in total. The molecule has 8 nitrogen and oxygen atoms in total. The fraction of sp³-hybridized carbons (Fsp3) is 0.333. The summed E-state index contributed by atoms with van der Waals surface area (Å²) in [4.78, 5) is 40.4. The van der Waals surface area contributed by atoms with Crippen molar-refractivity contribution in [2.75, 3.05) is 11.5 Å². The van der Waals surface area contributed by atoms with E-state index in [4.69, 9.17) is 16.3 Å². The van der Waals surface area contributed by atoms with E-state index in [1.807, 2.05) is 68.5 Å². The van der Waals surface area contributed by atoms with Crippen molar-refractivity contribution in [2.24, 2.45) is 5.92 Å². The molecule has 4 atom stereocenters. The van der Waals surface area contributed by atoms with Crippen LogP contribution in [0, 0.1) is 5.92 Å². The maximum atomic E-state index is 14.4. The quantitative estimate of drug-likeness (QED) is 0.288. The van der Waals surface area contributed by atoms with Gasteiger partial charge in [0.15, 0.2) is 13.9 Å². The van der Waals surface area contributed by atoms with Gasteiger partial charge in [-0.2, -0.15) is 0 Å². The highest BCUT2D eigenvalue weighted by Gasteiger charge is 2.66. The number of amides is 1. The number of aliphatic hydroxyl groups is 1. The molecule has 3 heterocycles. The van der Waals surface area contributed by atoms with E-state index in [0.717, 1.165) is 11.1 Å². The number of ether oxygens (including phenoxy) is 1. The molecule has 0 radical (unpaired) electrons. The van der Waals surface area contributed by atoms with Gasteiger partial charge in [0.05, 0.1) is 34.9 Å². The third-order valence-corrected chi connectivity index (χ3v) is 11.2. The Morgan fingerprint density at radius 2 is 1.85 bits per heavy atom. The molecule has 1 fully saturated rings. The summed E-state index contributed by atoms with van der Waals surface area (Å²) < 4.78 is 8.13. The van der Waals surface area contributed by atoms with Gasteiger partial charge in [0, 0.05) is 28.7 Å². The molecule has 6 rings (SSSR count). The fourth-order valence-corrected chi connectivity index (χ4v) is 9.60. The zero-order chi connectivity index (χ0) is 28.4. The van der Waals surface area contributed by atoms with Crippen molar-refractivity contribution in [3.8, 4) is 5.69 Å². The molecule has 2 aliphatic heterocycles. The number of rotatable bonds is 6. The minimum absolute atomic E-state index is 0.103. The van der Waals surface area contributed by atoms with Gasteiger partial charge in [-0.05, 0) is 67.5 Å². The topological polar surface area (TPSA) is 108 Å². The number of anilines is 1. The molecule has 0 aliphatic carbocycles. The first kappa shape index (κ1) is 27.0. The smallest absolute Gasteiger partial charge is 0.279 e. The number of aromatic amines is 1. The second-order valence-electron chi connectivity index (χ2n) is 11.4. The zero-order valence-corrected chi connectivity index (χ0v) is 24.4. The first-order chi connectivity index (χ1) is 19.1. The summed E-state index contributed by atoms with van der Waals surface area (Å²) in [6.07, 6.45) is -0.127. The van der Waals surface area contributed by atoms with Crippen molar-refractivity contribution in [1.82, 2.24) is 9.78 Å². The van der Waals surface area contributed by atoms with Crippen LogP contribution >= 0.6 is 11.6 Å². The van der Waals surface area contributed by atoms with Crippen molar-refractivity contribution in [3.63, 3.8) is 0 Å². The highest BCUT2D eigenvalue weighted by molar-refractivity contribution is 6.71. The van der Waals surface area contributed by atoms with Crippen LogP contribution in [0.4, 0.5) is 5.69 Å². The van der Waals surface area contributed by atoms with E-state index in [9.17, 15) is 19.5 Å². The number of nitrogens with one attached hydrogen (secondary N) is 1. The van der Waals surface area contributed by atoms with Crippen LogP contribution in [0.1, 0.15) is 24.5 Å². The third-order valence-electron chi connectivity index (χ3n) is 8.46. The number of H-pyrrole nitrogens is 1. The van der Waals surface area contributed by atoms with E-state index in [1.165, 1.54) is 4.68 Å². The molecular weight excluding hydrogens is 546 g/mol.